The molecule has 0 atom stereocenters. The quantitative estimate of drug-likeness (QED) is 0.124. The summed E-state index contributed by atoms with van der Waals surface area (Å²) in [5.41, 5.74) is 15.6. The number of fused-ring (bicyclic) bond motifs is 7. The number of rotatable bonds is 6. The van der Waals surface area contributed by atoms with Gasteiger partial charge in [-0.15, -0.1) is 0 Å². The van der Waals surface area contributed by atoms with Gasteiger partial charge in [0.15, 0.2) is 0 Å². The molecule has 0 aliphatic heterocycles. The second-order valence-corrected chi connectivity index (χ2v) is 15.7. The van der Waals surface area contributed by atoms with Crippen molar-refractivity contribution in [2.75, 3.05) is 0 Å². The second kappa shape index (κ2) is 14.3. The molecule has 0 aliphatic rings. The minimum absolute atomic E-state index is 0.919. The summed E-state index contributed by atoms with van der Waals surface area (Å²) < 4.78 is 2.15. The molecule has 0 aliphatic carbocycles. The van der Waals surface area contributed by atoms with E-state index < -0.39 is 0 Å². The monoisotopic (exact) mass is 775 g/mol. The molecule has 0 saturated heterocycles. The lowest BCUT2D eigenvalue weighted by molar-refractivity contribution is 1.20. The lowest BCUT2D eigenvalue weighted by atomic mass is 9.85. The van der Waals surface area contributed by atoms with E-state index in [4.69, 9.17) is 9.97 Å². The Bertz CT molecular complexity index is 3540. The van der Waals surface area contributed by atoms with Crippen LogP contribution in [-0.4, -0.2) is 14.4 Å². The number of pyridine rings is 2. The lowest BCUT2D eigenvalue weighted by Gasteiger charge is -2.18. The first-order valence-electron chi connectivity index (χ1n) is 20.8. The molecule has 0 N–H and O–H groups in total. The van der Waals surface area contributed by atoms with Crippen LogP contribution in [0.25, 0.3) is 116 Å². The van der Waals surface area contributed by atoms with E-state index in [2.05, 4.69) is 223 Å². The summed E-state index contributed by atoms with van der Waals surface area (Å²) in [6.45, 7) is 0. The summed E-state index contributed by atoms with van der Waals surface area (Å²) in [6.07, 6.45) is 4.24. The number of hydrogen-bond donors (Lipinski definition) is 0. The molecular weight excluding hydrogens is 739 g/mol. The molecule has 0 fully saturated rings. The van der Waals surface area contributed by atoms with Crippen LogP contribution >= 0.6 is 0 Å². The van der Waals surface area contributed by atoms with Gasteiger partial charge < -0.3 is 4.40 Å². The van der Waals surface area contributed by atoms with Crippen molar-refractivity contribution in [1.82, 2.24) is 14.4 Å². The molecule has 0 amide bonds. The Labute approximate surface area is 353 Å². The van der Waals surface area contributed by atoms with Crippen molar-refractivity contribution >= 4 is 48.9 Å². The highest BCUT2D eigenvalue weighted by Gasteiger charge is 2.19. The van der Waals surface area contributed by atoms with Gasteiger partial charge in [0.05, 0.1) is 16.9 Å². The molecule has 284 valence electrons. The zero-order valence-corrected chi connectivity index (χ0v) is 33.2. The van der Waals surface area contributed by atoms with Crippen LogP contribution in [0.3, 0.4) is 0 Å². The summed E-state index contributed by atoms with van der Waals surface area (Å²) in [5.74, 6) is 0. The first kappa shape index (κ1) is 34.9. The van der Waals surface area contributed by atoms with E-state index in [1.807, 2.05) is 6.07 Å². The summed E-state index contributed by atoms with van der Waals surface area (Å²) in [5, 5.41) is 8.24. The predicted molar refractivity (Wildman–Crippen MR) is 256 cm³/mol. The minimum atomic E-state index is 0.919. The number of hydrogen-bond acceptors (Lipinski definition) is 2. The smallest absolute Gasteiger partial charge is 0.146 e. The fourth-order valence-corrected chi connectivity index (χ4v) is 9.31. The fourth-order valence-electron chi connectivity index (χ4n) is 9.31. The number of aromatic nitrogens is 3. The van der Waals surface area contributed by atoms with Gasteiger partial charge in [0.25, 0.3) is 0 Å². The van der Waals surface area contributed by atoms with Crippen LogP contribution in [0.5, 0.6) is 0 Å². The normalized spacial score (nSPS) is 11.6. The Balaban J connectivity index is 0.995. The third-order valence-electron chi connectivity index (χ3n) is 12.2. The van der Waals surface area contributed by atoms with Gasteiger partial charge in [0.1, 0.15) is 5.65 Å². The molecule has 3 heteroatoms. The summed E-state index contributed by atoms with van der Waals surface area (Å²) in [6, 6.07) is 76.2. The van der Waals surface area contributed by atoms with Gasteiger partial charge in [0, 0.05) is 39.7 Å². The molecule has 9 aromatic carbocycles. The van der Waals surface area contributed by atoms with E-state index in [1.165, 1.54) is 54.9 Å². The van der Waals surface area contributed by atoms with E-state index in [1.54, 1.807) is 0 Å². The van der Waals surface area contributed by atoms with Crippen molar-refractivity contribution in [1.29, 1.82) is 0 Å². The SMILES string of the molecule is c1ccc(-c2ccc(-c3c4ccccc4c(-c4ccc(-c5ccc6nc(-c7ccccc7)c7ccn8cc(-c9ccccc9)nc8c7c6c5)cc4)c4ccccc34)cc2)cc1. The number of nitrogens with zero attached hydrogens (tertiary/aromatic N) is 3. The van der Waals surface area contributed by atoms with Crippen LogP contribution in [-0.2, 0) is 0 Å². The predicted octanol–water partition coefficient (Wildman–Crippen LogP) is 15.3. The first-order valence-corrected chi connectivity index (χ1v) is 20.8. The van der Waals surface area contributed by atoms with E-state index in [9.17, 15) is 0 Å². The van der Waals surface area contributed by atoms with Gasteiger partial charge in [-0.2, -0.15) is 0 Å². The minimum Gasteiger partial charge on any atom is -0.306 e. The summed E-state index contributed by atoms with van der Waals surface area (Å²) in [4.78, 5) is 10.6. The molecule has 0 spiro atoms. The van der Waals surface area contributed by atoms with Gasteiger partial charge in [-0.25, -0.2) is 9.97 Å². The molecule has 61 heavy (non-hydrogen) atoms. The van der Waals surface area contributed by atoms with E-state index in [0.29, 0.717) is 0 Å². The molecule has 12 aromatic rings. The maximum atomic E-state index is 5.30. The van der Waals surface area contributed by atoms with Crippen molar-refractivity contribution in [2.45, 2.75) is 0 Å². The van der Waals surface area contributed by atoms with Crippen LogP contribution in [0.4, 0.5) is 0 Å². The third-order valence-corrected chi connectivity index (χ3v) is 12.2. The van der Waals surface area contributed by atoms with Crippen LogP contribution in [0.15, 0.2) is 225 Å². The van der Waals surface area contributed by atoms with Crippen molar-refractivity contribution in [3.8, 4) is 67.0 Å². The Morgan fingerprint density at radius 1 is 0.311 bits per heavy atom. The van der Waals surface area contributed by atoms with Gasteiger partial charge in [0.2, 0.25) is 0 Å². The maximum Gasteiger partial charge on any atom is 0.146 e. The van der Waals surface area contributed by atoms with Gasteiger partial charge in [-0.05, 0) is 84.3 Å². The third kappa shape index (κ3) is 5.90. The highest BCUT2D eigenvalue weighted by atomic mass is 15.0. The molecule has 3 nitrogen and oxygen atoms in total. The topological polar surface area (TPSA) is 30.2 Å². The number of benzene rings is 9. The summed E-state index contributed by atoms with van der Waals surface area (Å²) >= 11 is 0. The molecule has 12 rings (SSSR count). The zero-order valence-electron chi connectivity index (χ0n) is 33.2. The number of imidazole rings is 1. The largest absolute Gasteiger partial charge is 0.306 e. The molecule has 0 radical (unpaired) electrons. The van der Waals surface area contributed by atoms with Crippen molar-refractivity contribution in [3.63, 3.8) is 0 Å². The second-order valence-electron chi connectivity index (χ2n) is 15.7. The average molecular weight is 776 g/mol. The van der Waals surface area contributed by atoms with Crippen LogP contribution in [0.2, 0.25) is 0 Å². The molecule has 0 bridgehead atoms. The standard InChI is InChI=1S/C58H37N3/c1-4-14-38(15-5-1)39-24-28-42(29-25-39)54-46-20-10-12-22-48(46)55(49-23-13-11-21-47(49)54)43-30-26-40(27-31-43)45-32-33-52-51(36-45)56-50(57(59-52)44-18-8-3-9-19-44)34-35-61-37-53(60-58(56)61)41-16-6-2-7-17-41/h1-37H. The Morgan fingerprint density at radius 2 is 0.754 bits per heavy atom. The Hall–Kier alpha value is -8.14. The van der Waals surface area contributed by atoms with Crippen LogP contribution in [0.1, 0.15) is 0 Å². The fraction of sp³-hybridized carbons (Fsp3) is 0. The van der Waals surface area contributed by atoms with Gasteiger partial charge in [-0.3, -0.25) is 0 Å². The van der Waals surface area contributed by atoms with Crippen LogP contribution in [0, 0.1) is 0 Å². The highest BCUT2D eigenvalue weighted by molar-refractivity contribution is 6.22. The van der Waals surface area contributed by atoms with Gasteiger partial charge >= 0.3 is 0 Å². The summed E-state index contributed by atoms with van der Waals surface area (Å²) in [7, 11) is 0. The van der Waals surface area contributed by atoms with E-state index in [0.717, 1.165) is 61.0 Å². The molecule has 0 saturated carbocycles. The molecule has 3 aromatic heterocycles. The van der Waals surface area contributed by atoms with E-state index >= 15 is 0 Å². The maximum absolute atomic E-state index is 5.30. The lowest BCUT2D eigenvalue weighted by Crippen LogP contribution is -1.94. The molecule has 3 heterocycles. The van der Waals surface area contributed by atoms with Crippen LogP contribution < -0.4 is 0 Å². The van der Waals surface area contributed by atoms with E-state index in [-0.39, 0.29) is 0 Å². The molecular formula is C58H37N3. The zero-order chi connectivity index (χ0) is 40.3. The van der Waals surface area contributed by atoms with Crippen molar-refractivity contribution < 1.29 is 0 Å². The highest BCUT2D eigenvalue weighted by Crippen LogP contribution is 2.45. The van der Waals surface area contributed by atoms with Gasteiger partial charge in [-0.1, -0.05) is 194 Å². The average Bonchev–Trinajstić information content (AvgIpc) is 3.79. The van der Waals surface area contributed by atoms with Crippen molar-refractivity contribution in [3.05, 3.63) is 225 Å². The Kier molecular flexibility index (Phi) is 8.17. The Morgan fingerprint density at radius 3 is 1.31 bits per heavy atom. The van der Waals surface area contributed by atoms with Crippen molar-refractivity contribution in [2.24, 2.45) is 0 Å². The molecule has 0 unspecified atom stereocenters. The first-order chi connectivity index (χ1) is 30.2.